The quantitative estimate of drug-likeness (QED) is 0.837. The van der Waals surface area contributed by atoms with Gasteiger partial charge in [0.2, 0.25) is 5.88 Å². The van der Waals surface area contributed by atoms with E-state index in [9.17, 15) is 4.79 Å². The van der Waals surface area contributed by atoms with Gasteiger partial charge in [-0.3, -0.25) is 14.8 Å². The normalized spacial score (nSPS) is 14.2. The Hall–Kier alpha value is -2.41. The van der Waals surface area contributed by atoms with Crippen LogP contribution in [0.5, 0.6) is 5.88 Å². The number of carbonyl (C=O) groups is 1. The Morgan fingerprint density at radius 1 is 1.45 bits per heavy atom. The molecule has 2 aromatic heterocycles. The van der Waals surface area contributed by atoms with Gasteiger partial charge in [0.1, 0.15) is 12.3 Å². The predicted molar refractivity (Wildman–Crippen MR) is 68.9 cm³/mol. The topological polar surface area (TPSA) is 91.3 Å². The van der Waals surface area contributed by atoms with E-state index in [0.29, 0.717) is 25.6 Å². The third-order valence-electron chi connectivity index (χ3n) is 3.16. The van der Waals surface area contributed by atoms with Crippen LogP contribution < -0.4 is 4.74 Å². The lowest BCUT2D eigenvalue weighted by molar-refractivity contribution is -0.138. The monoisotopic (exact) mass is 274 g/mol. The first-order valence-corrected chi connectivity index (χ1v) is 6.25. The summed E-state index contributed by atoms with van der Waals surface area (Å²) in [6, 6.07) is 5.46. The summed E-state index contributed by atoms with van der Waals surface area (Å²) in [4.78, 5) is 16.6. The van der Waals surface area contributed by atoms with Crippen LogP contribution in [0.4, 0.5) is 0 Å². The molecule has 7 heteroatoms. The minimum absolute atomic E-state index is 0.0308. The van der Waals surface area contributed by atoms with Crippen molar-refractivity contribution in [2.75, 3.05) is 6.54 Å². The van der Waals surface area contributed by atoms with Gasteiger partial charge in [0.25, 0.3) is 0 Å². The molecule has 0 unspecified atom stereocenters. The van der Waals surface area contributed by atoms with Crippen molar-refractivity contribution in [2.24, 2.45) is 0 Å². The molecule has 0 spiro atoms. The Bertz CT molecular complexity index is 611. The Kier molecular flexibility index (Phi) is 3.34. The SMILES string of the molecule is O=C(O)CN1Cc2[nH]nc(COc3ccccn3)c2C1. The molecule has 0 aliphatic carbocycles. The second-order valence-electron chi connectivity index (χ2n) is 4.62. The van der Waals surface area contributed by atoms with Crippen LogP contribution >= 0.6 is 0 Å². The molecule has 20 heavy (non-hydrogen) atoms. The van der Waals surface area contributed by atoms with E-state index in [-0.39, 0.29) is 6.54 Å². The van der Waals surface area contributed by atoms with Crippen LogP contribution in [0.3, 0.4) is 0 Å². The molecule has 0 radical (unpaired) electrons. The second-order valence-corrected chi connectivity index (χ2v) is 4.62. The van der Waals surface area contributed by atoms with Gasteiger partial charge in [-0.15, -0.1) is 0 Å². The van der Waals surface area contributed by atoms with Crippen LogP contribution in [0.1, 0.15) is 17.0 Å². The van der Waals surface area contributed by atoms with Gasteiger partial charge in [0.15, 0.2) is 0 Å². The van der Waals surface area contributed by atoms with Gasteiger partial charge in [-0.1, -0.05) is 6.07 Å². The minimum atomic E-state index is -0.825. The van der Waals surface area contributed by atoms with Crippen molar-refractivity contribution in [1.29, 1.82) is 0 Å². The Labute approximate surface area is 115 Å². The lowest BCUT2D eigenvalue weighted by Crippen LogP contribution is -2.24. The number of carboxylic acids is 1. The first kappa shape index (κ1) is 12.6. The van der Waals surface area contributed by atoms with E-state index in [1.54, 1.807) is 12.3 Å². The van der Waals surface area contributed by atoms with E-state index in [4.69, 9.17) is 9.84 Å². The van der Waals surface area contributed by atoms with Crippen molar-refractivity contribution in [3.63, 3.8) is 0 Å². The zero-order chi connectivity index (χ0) is 13.9. The van der Waals surface area contributed by atoms with E-state index in [1.807, 2.05) is 17.0 Å². The number of fused-ring (bicyclic) bond motifs is 1. The Balaban J connectivity index is 1.65. The lowest BCUT2D eigenvalue weighted by Gasteiger charge is -2.11. The number of nitrogens with zero attached hydrogens (tertiary/aromatic N) is 3. The summed E-state index contributed by atoms with van der Waals surface area (Å²) in [6.45, 7) is 1.52. The first-order valence-electron chi connectivity index (χ1n) is 6.25. The zero-order valence-electron chi connectivity index (χ0n) is 10.7. The number of rotatable bonds is 5. The highest BCUT2D eigenvalue weighted by molar-refractivity contribution is 5.69. The van der Waals surface area contributed by atoms with Crippen molar-refractivity contribution < 1.29 is 14.6 Å². The van der Waals surface area contributed by atoms with Gasteiger partial charge in [-0.25, -0.2) is 4.98 Å². The van der Waals surface area contributed by atoms with Crippen LogP contribution in [0.15, 0.2) is 24.4 Å². The molecule has 0 saturated heterocycles. The molecule has 2 aromatic rings. The van der Waals surface area contributed by atoms with Crippen molar-refractivity contribution in [3.05, 3.63) is 41.3 Å². The summed E-state index contributed by atoms with van der Waals surface area (Å²) >= 11 is 0. The van der Waals surface area contributed by atoms with Crippen molar-refractivity contribution >= 4 is 5.97 Å². The highest BCUT2D eigenvalue weighted by Gasteiger charge is 2.26. The predicted octanol–water partition coefficient (Wildman–Crippen LogP) is 0.784. The fraction of sp³-hybridized carbons (Fsp3) is 0.308. The number of H-pyrrole nitrogens is 1. The molecule has 3 heterocycles. The van der Waals surface area contributed by atoms with Crippen LogP contribution in [0.25, 0.3) is 0 Å². The standard InChI is InChI=1S/C13H14N4O3/c18-13(19)7-17-5-9-10(6-17)15-16-11(9)8-20-12-3-1-2-4-14-12/h1-4H,5-8H2,(H,15,16)(H,18,19). The van der Waals surface area contributed by atoms with E-state index in [0.717, 1.165) is 17.0 Å². The highest BCUT2D eigenvalue weighted by atomic mass is 16.5. The molecule has 1 aliphatic heterocycles. The number of nitrogens with one attached hydrogen (secondary N) is 1. The summed E-state index contributed by atoms with van der Waals surface area (Å²) in [5, 5.41) is 16.0. The zero-order valence-corrected chi connectivity index (χ0v) is 10.7. The van der Waals surface area contributed by atoms with Gasteiger partial charge in [-0.05, 0) is 6.07 Å². The maximum absolute atomic E-state index is 10.7. The number of aromatic nitrogens is 3. The van der Waals surface area contributed by atoms with E-state index in [2.05, 4.69) is 15.2 Å². The summed E-state index contributed by atoms with van der Waals surface area (Å²) in [6.07, 6.45) is 1.67. The third kappa shape index (κ3) is 2.62. The molecule has 104 valence electrons. The fourth-order valence-corrected chi connectivity index (χ4v) is 2.26. The maximum atomic E-state index is 10.7. The van der Waals surface area contributed by atoms with Crippen LogP contribution in [0.2, 0.25) is 0 Å². The summed E-state index contributed by atoms with van der Waals surface area (Å²) in [7, 11) is 0. The maximum Gasteiger partial charge on any atom is 0.317 e. The lowest BCUT2D eigenvalue weighted by atomic mass is 10.2. The van der Waals surface area contributed by atoms with Crippen LogP contribution in [-0.4, -0.2) is 37.7 Å². The molecule has 3 rings (SSSR count). The smallest absolute Gasteiger partial charge is 0.317 e. The number of ether oxygens (including phenoxy) is 1. The molecular formula is C13H14N4O3. The van der Waals surface area contributed by atoms with E-state index < -0.39 is 5.97 Å². The minimum Gasteiger partial charge on any atom is -0.480 e. The van der Waals surface area contributed by atoms with Gasteiger partial charge >= 0.3 is 5.97 Å². The molecule has 2 N–H and O–H groups in total. The van der Waals surface area contributed by atoms with E-state index in [1.165, 1.54) is 0 Å². The number of hydrogen-bond acceptors (Lipinski definition) is 5. The Morgan fingerprint density at radius 2 is 2.35 bits per heavy atom. The largest absolute Gasteiger partial charge is 0.480 e. The molecular weight excluding hydrogens is 260 g/mol. The molecule has 0 saturated carbocycles. The number of pyridine rings is 1. The summed E-state index contributed by atoms with van der Waals surface area (Å²) < 4.78 is 5.56. The fourth-order valence-electron chi connectivity index (χ4n) is 2.26. The number of carboxylic acid groups (broad SMARTS) is 1. The van der Waals surface area contributed by atoms with Crippen molar-refractivity contribution in [3.8, 4) is 5.88 Å². The highest BCUT2D eigenvalue weighted by Crippen LogP contribution is 2.24. The third-order valence-corrected chi connectivity index (χ3v) is 3.16. The summed E-state index contributed by atoms with van der Waals surface area (Å²) in [5.41, 5.74) is 2.80. The molecule has 1 aliphatic rings. The summed E-state index contributed by atoms with van der Waals surface area (Å²) in [5.74, 6) is -0.279. The van der Waals surface area contributed by atoms with Gasteiger partial charge in [0.05, 0.1) is 12.2 Å². The molecule has 0 bridgehead atoms. The molecule has 0 fully saturated rings. The molecule has 0 atom stereocenters. The first-order chi connectivity index (χ1) is 9.72. The van der Waals surface area contributed by atoms with Crippen molar-refractivity contribution in [1.82, 2.24) is 20.1 Å². The van der Waals surface area contributed by atoms with E-state index >= 15 is 0 Å². The number of aliphatic carboxylic acids is 1. The number of aromatic amines is 1. The number of hydrogen-bond donors (Lipinski definition) is 2. The molecule has 0 amide bonds. The average Bonchev–Trinajstić information content (AvgIpc) is 2.97. The average molecular weight is 274 g/mol. The van der Waals surface area contributed by atoms with Crippen LogP contribution in [0, 0.1) is 0 Å². The van der Waals surface area contributed by atoms with Gasteiger partial charge < -0.3 is 9.84 Å². The Morgan fingerprint density at radius 3 is 3.10 bits per heavy atom. The molecule has 7 nitrogen and oxygen atoms in total. The molecule has 0 aromatic carbocycles. The van der Waals surface area contributed by atoms with Crippen LogP contribution in [-0.2, 0) is 24.5 Å². The second kappa shape index (κ2) is 5.30. The van der Waals surface area contributed by atoms with Crippen molar-refractivity contribution in [2.45, 2.75) is 19.7 Å². The van der Waals surface area contributed by atoms with Gasteiger partial charge in [-0.2, -0.15) is 5.10 Å². The van der Waals surface area contributed by atoms with Gasteiger partial charge in [0, 0.05) is 30.9 Å².